The summed E-state index contributed by atoms with van der Waals surface area (Å²) in [5.74, 6) is 0.871. The second-order valence-electron chi connectivity index (χ2n) is 1.55. The summed E-state index contributed by atoms with van der Waals surface area (Å²) < 4.78 is 1.28. The van der Waals surface area contributed by atoms with Crippen molar-refractivity contribution in [2.45, 2.75) is 13.8 Å². The molecule has 0 spiro atoms. The fourth-order valence-electron chi connectivity index (χ4n) is 0. The molecular formula is C4H10I2. The van der Waals surface area contributed by atoms with Crippen LogP contribution in [0.15, 0.2) is 0 Å². The van der Waals surface area contributed by atoms with Crippen molar-refractivity contribution in [1.82, 2.24) is 0 Å². The van der Waals surface area contributed by atoms with E-state index in [9.17, 15) is 0 Å². The van der Waals surface area contributed by atoms with Gasteiger partial charge in [-0.05, 0) is 5.92 Å². The summed E-state index contributed by atoms with van der Waals surface area (Å²) in [4.78, 5) is 0. The van der Waals surface area contributed by atoms with Gasteiger partial charge in [0.15, 0.2) is 0 Å². The smallest absolute Gasteiger partial charge is 0.00184 e. The minimum Gasteiger partial charge on any atom is -0.107 e. The quantitative estimate of drug-likeness (QED) is 0.516. The fourth-order valence-corrected chi connectivity index (χ4v) is 0. The molecule has 0 aliphatic rings. The van der Waals surface area contributed by atoms with E-state index in [1.54, 1.807) is 0 Å². The van der Waals surface area contributed by atoms with E-state index in [0.29, 0.717) is 0 Å². The normalized spacial score (nSPS) is 8.00. The Labute approximate surface area is 70.2 Å². The highest BCUT2D eigenvalue weighted by Crippen LogP contribution is 1.95. The van der Waals surface area contributed by atoms with Crippen molar-refractivity contribution < 1.29 is 0 Å². The van der Waals surface area contributed by atoms with Crippen LogP contribution >= 0.6 is 46.6 Å². The lowest BCUT2D eigenvalue weighted by atomic mass is 10.3. The number of rotatable bonds is 1. The standard InChI is InChI=1S/C4H9I.HI/c1-4(2)3-5;/h4H,3H2,1-2H3;1H. The predicted molar refractivity (Wildman–Crippen MR) is 49.1 cm³/mol. The summed E-state index contributed by atoms with van der Waals surface area (Å²) in [7, 11) is 0. The van der Waals surface area contributed by atoms with Gasteiger partial charge >= 0.3 is 0 Å². The summed E-state index contributed by atoms with van der Waals surface area (Å²) >= 11 is 2.38. The van der Waals surface area contributed by atoms with Crippen LogP contribution < -0.4 is 0 Å². The lowest BCUT2D eigenvalue weighted by molar-refractivity contribution is 0.763. The maximum Gasteiger partial charge on any atom is 0.00184 e. The van der Waals surface area contributed by atoms with Crippen LogP contribution in [-0.2, 0) is 0 Å². The molecule has 0 rings (SSSR count). The predicted octanol–water partition coefficient (Wildman–Crippen LogP) is 2.70. The molecule has 0 nitrogen and oxygen atoms in total. The van der Waals surface area contributed by atoms with E-state index in [2.05, 4.69) is 36.4 Å². The van der Waals surface area contributed by atoms with Gasteiger partial charge in [0, 0.05) is 4.43 Å². The van der Waals surface area contributed by atoms with Gasteiger partial charge in [0.2, 0.25) is 0 Å². The summed E-state index contributed by atoms with van der Waals surface area (Å²) in [6.45, 7) is 4.43. The molecule has 0 atom stereocenters. The topological polar surface area (TPSA) is 0 Å². The van der Waals surface area contributed by atoms with Crippen molar-refractivity contribution >= 4 is 46.6 Å². The maximum atomic E-state index is 2.38. The molecule has 0 radical (unpaired) electrons. The molecule has 0 aromatic heterocycles. The minimum atomic E-state index is 0. The molecule has 0 bridgehead atoms. The van der Waals surface area contributed by atoms with Crippen molar-refractivity contribution in [3.05, 3.63) is 0 Å². The third kappa shape index (κ3) is 9.07. The number of hydrogen-bond donors (Lipinski definition) is 0. The zero-order valence-corrected chi connectivity index (χ0v) is 8.56. The lowest BCUT2D eigenvalue weighted by Crippen LogP contribution is -1.82. The SMILES string of the molecule is CC(C)CI.I. The average Bonchev–Trinajstić information content (AvgIpc) is 1.38. The average molecular weight is 312 g/mol. The van der Waals surface area contributed by atoms with Gasteiger partial charge in [0.05, 0.1) is 0 Å². The lowest BCUT2D eigenvalue weighted by Gasteiger charge is -1.88. The monoisotopic (exact) mass is 312 g/mol. The van der Waals surface area contributed by atoms with Gasteiger partial charge in [0.25, 0.3) is 0 Å². The van der Waals surface area contributed by atoms with Gasteiger partial charge in [-0.1, -0.05) is 36.4 Å². The Morgan fingerprint density at radius 3 is 1.67 bits per heavy atom. The van der Waals surface area contributed by atoms with Crippen molar-refractivity contribution in [2.24, 2.45) is 5.92 Å². The summed E-state index contributed by atoms with van der Waals surface area (Å²) in [5, 5.41) is 0. The van der Waals surface area contributed by atoms with Gasteiger partial charge in [-0.25, -0.2) is 0 Å². The summed E-state index contributed by atoms with van der Waals surface area (Å²) in [5.41, 5.74) is 0. The van der Waals surface area contributed by atoms with E-state index in [1.807, 2.05) is 0 Å². The molecule has 40 valence electrons. The molecular weight excluding hydrogens is 302 g/mol. The fraction of sp³-hybridized carbons (Fsp3) is 1.00. The van der Waals surface area contributed by atoms with Gasteiger partial charge in [-0.3, -0.25) is 0 Å². The first kappa shape index (κ1) is 10.4. The van der Waals surface area contributed by atoms with Crippen LogP contribution in [0.2, 0.25) is 0 Å². The molecule has 0 fully saturated rings. The highest BCUT2D eigenvalue weighted by atomic mass is 127. The molecule has 0 aliphatic carbocycles. The van der Waals surface area contributed by atoms with Crippen LogP contribution in [0.4, 0.5) is 0 Å². The van der Waals surface area contributed by atoms with E-state index >= 15 is 0 Å². The molecule has 0 amide bonds. The van der Waals surface area contributed by atoms with Gasteiger partial charge in [0.1, 0.15) is 0 Å². The van der Waals surface area contributed by atoms with Crippen LogP contribution in [0.1, 0.15) is 13.8 Å². The van der Waals surface area contributed by atoms with Crippen LogP contribution in [0.25, 0.3) is 0 Å². The largest absolute Gasteiger partial charge is 0.107 e. The third-order valence-corrected chi connectivity index (χ3v) is 2.07. The van der Waals surface area contributed by atoms with Crippen molar-refractivity contribution in [2.75, 3.05) is 4.43 Å². The Bertz CT molecular complexity index is 19.5. The molecule has 0 aromatic rings. The first-order chi connectivity index (χ1) is 2.27. The molecule has 0 aromatic carbocycles. The summed E-state index contributed by atoms with van der Waals surface area (Å²) in [6.07, 6.45) is 0. The van der Waals surface area contributed by atoms with Crippen LogP contribution in [0, 0.1) is 5.92 Å². The first-order valence-corrected chi connectivity index (χ1v) is 3.36. The van der Waals surface area contributed by atoms with Gasteiger partial charge in [-0.15, -0.1) is 24.0 Å². The van der Waals surface area contributed by atoms with E-state index in [-0.39, 0.29) is 24.0 Å². The Balaban J connectivity index is 0. The van der Waals surface area contributed by atoms with Gasteiger partial charge in [-0.2, -0.15) is 0 Å². The van der Waals surface area contributed by atoms with E-state index < -0.39 is 0 Å². The minimum absolute atomic E-state index is 0. The van der Waals surface area contributed by atoms with Crippen molar-refractivity contribution in [3.63, 3.8) is 0 Å². The number of alkyl halides is 1. The van der Waals surface area contributed by atoms with Crippen LogP contribution in [0.3, 0.4) is 0 Å². The second-order valence-corrected chi connectivity index (χ2v) is 2.43. The summed E-state index contributed by atoms with van der Waals surface area (Å²) in [6, 6.07) is 0. The molecule has 0 saturated heterocycles. The number of hydrogen-bond acceptors (Lipinski definition) is 0. The Morgan fingerprint density at radius 2 is 1.67 bits per heavy atom. The molecule has 0 unspecified atom stereocenters. The Kier molecular flexibility index (Phi) is 11.2. The molecule has 2 heteroatoms. The third-order valence-electron chi connectivity index (χ3n) is 0.309. The highest BCUT2D eigenvalue weighted by molar-refractivity contribution is 14.1. The zero-order chi connectivity index (χ0) is 4.28. The van der Waals surface area contributed by atoms with Gasteiger partial charge < -0.3 is 0 Å². The molecule has 0 heterocycles. The van der Waals surface area contributed by atoms with Crippen LogP contribution in [0.5, 0.6) is 0 Å². The van der Waals surface area contributed by atoms with Crippen molar-refractivity contribution in [3.8, 4) is 0 Å². The Morgan fingerprint density at radius 1 is 1.50 bits per heavy atom. The van der Waals surface area contributed by atoms with Crippen LogP contribution in [-0.4, -0.2) is 4.43 Å². The highest BCUT2D eigenvalue weighted by Gasteiger charge is 1.81. The second kappa shape index (κ2) is 6.46. The van der Waals surface area contributed by atoms with E-state index in [1.165, 1.54) is 4.43 Å². The van der Waals surface area contributed by atoms with E-state index in [4.69, 9.17) is 0 Å². The zero-order valence-electron chi connectivity index (χ0n) is 4.07. The molecule has 0 saturated carbocycles. The number of halogens is 2. The Hall–Kier alpha value is 1.46. The molecule has 6 heavy (non-hydrogen) atoms. The molecule has 0 N–H and O–H groups in total. The maximum absolute atomic E-state index is 2.38. The van der Waals surface area contributed by atoms with E-state index in [0.717, 1.165) is 5.92 Å². The molecule has 0 aliphatic heterocycles. The van der Waals surface area contributed by atoms with Crippen molar-refractivity contribution in [1.29, 1.82) is 0 Å². The first-order valence-electron chi connectivity index (χ1n) is 1.83.